The Balaban J connectivity index is 3.56. The van der Waals surface area contributed by atoms with Gasteiger partial charge in [-0.1, -0.05) is 0 Å². The highest BCUT2D eigenvalue weighted by Crippen LogP contribution is 2.30. The van der Waals surface area contributed by atoms with Crippen LogP contribution in [-0.2, 0) is 0 Å². The van der Waals surface area contributed by atoms with Gasteiger partial charge in [0.2, 0.25) is 0 Å². The van der Waals surface area contributed by atoms with E-state index in [1.165, 1.54) is 6.07 Å². The summed E-state index contributed by atoms with van der Waals surface area (Å²) in [6.07, 6.45) is 0. The lowest BCUT2D eigenvalue weighted by Gasteiger charge is -2.00. The van der Waals surface area contributed by atoms with Gasteiger partial charge in [-0.3, -0.25) is 0 Å². The van der Waals surface area contributed by atoms with E-state index in [0.717, 1.165) is 6.07 Å². The molecular formula is C7H2BrF2NO. The number of halogens is 3. The lowest BCUT2D eigenvalue weighted by molar-refractivity contribution is 0.448. The predicted octanol–water partition coefficient (Wildman–Crippen LogP) is 2.30. The quantitative estimate of drug-likeness (QED) is 0.700. The van der Waals surface area contributed by atoms with Crippen molar-refractivity contribution < 1.29 is 13.9 Å². The fraction of sp³-hybridized carbons (Fsp3) is 0. The molecule has 0 spiro atoms. The fourth-order valence-electron chi connectivity index (χ4n) is 0.688. The Labute approximate surface area is 75.2 Å². The van der Waals surface area contributed by atoms with Gasteiger partial charge >= 0.3 is 0 Å². The minimum absolute atomic E-state index is 0.0436. The first kappa shape index (κ1) is 8.94. The zero-order valence-electron chi connectivity index (χ0n) is 5.61. The van der Waals surface area contributed by atoms with Crippen LogP contribution >= 0.6 is 15.9 Å². The molecule has 0 unspecified atom stereocenters. The molecule has 0 saturated carbocycles. The second-order valence-electron chi connectivity index (χ2n) is 1.99. The Morgan fingerprint density at radius 1 is 1.50 bits per heavy atom. The summed E-state index contributed by atoms with van der Waals surface area (Å²) in [5, 5.41) is 17.3. The molecule has 1 aromatic rings. The maximum atomic E-state index is 12.7. The van der Waals surface area contributed by atoms with Crippen LogP contribution in [0.5, 0.6) is 5.75 Å². The highest BCUT2D eigenvalue weighted by molar-refractivity contribution is 9.10. The van der Waals surface area contributed by atoms with Crippen molar-refractivity contribution >= 4 is 15.9 Å². The highest BCUT2D eigenvalue weighted by atomic mass is 79.9. The number of hydrogen-bond acceptors (Lipinski definition) is 2. The zero-order valence-corrected chi connectivity index (χ0v) is 7.19. The summed E-state index contributed by atoms with van der Waals surface area (Å²) in [4.78, 5) is 0. The van der Waals surface area contributed by atoms with Crippen LogP contribution in [0.1, 0.15) is 5.56 Å². The molecule has 0 aromatic heterocycles. The second kappa shape index (κ2) is 3.07. The minimum atomic E-state index is -1.34. The van der Waals surface area contributed by atoms with Gasteiger partial charge in [0.05, 0.1) is 4.47 Å². The second-order valence-corrected chi connectivity index (χ2v) is 2.84. The van der Waals surface area contributed by atoms with E-state index < -0.39 is 22.9 Å². The molecule has 0 radical (unpaired) electrons. The van der Waals surface area contributed by atoms with Crippen molar-refractivity contribution in [1.29, 1.82) is 5.26 Å². The molecule has 5 heteroatoms. The number of phenolic OH excluding ortho intramolecular Hbond substituents is 1. The number of phenols is 1. The molecule has 62 valence electrons. The van der Waals surface area contributed by atoms with Crippen LogP contribution < -0.4 is 0 Å². The number of hydrogen-bond donors (Lipinski definition) is 1. The van der Waals surface area contributed by atoms with Crippen LogP contribution in [-0.4, -0.2) is 5.11 Å². The molecule has 12 heavy (non-hydrogen) atoms. The van der Waals surface area contributed by atoms with E-state index in [9.17, 15) is 8.78 Å². The Kier molecular flexibility index (Phi) is 2.29. The lowest BCUT2D eigenvalue weighted by atomic mass is 10.2. The van der Waals surface area contributed by atoms with Crippen molar-refractivity contribution in [2.24, 2.45) is 0 Å². The monoisotopic (exact) mass is 233 g/mol. The molecule has 0 atom stereocenters. The first-order chi connectivity index (χ1) is 5.57. The smallest absolute Gasteiger partial charge is 0.180 e. The van der Waals surface area contributed by atoms with E-state index in [4.69, 9.17) is 10.4 Å². The first-order valence-electron chi connectivity index (χ1n) is 2.84. The van der Waals surface area contributed by atoms with E-state index >= 15 is 0 Å². The van der Waals surface area contributed by atoms with Crippen molar-refractivity contribution in [1.82, 2.24) is 0 Å². The summed E-state index contributed by atoms with van der Waals surface area (Å²) in [7, 11) is 0. The third kappa shape index (κ3) is 1.25. The van der Waals surface area contributed by atoms with Gasteiger partial charge in [-0.2, -0.15) is 5.26 Å². The van der Waals surface area contributed by atoms with Crippen molar-refractivity contribution in [3.63, 3.8) is 0 Å². The number of nitrogens with zero attached hydrogens (tertiary/aromatic N) is 1. The van der Waals surface area contributed by atoms with Crippen molar-refractivity contribution in [3.05, 3.63) is 27.7 Å². The van der Waals surface area contributed by atoms with E-state index in [-0.39, 0.29) is 4.47 Å². The Morgan fingerprint density at radius 3 is 2.58 bits per heavy atom. The Bertz CT molecular complexity index is 346. The SMILES string of the molecule is N#Cc1c(O)c(Br)cc(F)c1F. The van der Waals surface area contributed by atoms with Gasteiger partial charge in [0.15, 0.2) is 17.4 Å². The van der Waals surface area contributed by atoms with Gasteiger partial charge in [0.1, 0.15) is 11.6 Å². The molecule has 0 heterocycles. The van der Waals surface area contributed by atoms with Gasteiger partial charge in [0.25, 0.3) is 0 Å². The summed E-state index contributed by atoms with van der Waals surface area (Å²) in [6, 6.07) is 2.11. The summed E-state index contributed by atoms with van der Waals surface area (Å²) in [5.74, 6) is -3.09. The molecular weight excluding hydrogens is 232 g/mol. The predicted molar refractivity (Wildman–Crippen MR) is 40.4 cm³/mol. The molecule has 2 nitrogen and oxygen atoms in total. The molecule has 1 N–H and O–H groups in total. The molecule has 1 aromatic carbocycles. The van der Waals surface area contributed by atoms with Crippen LogP contribution in [0.25, 0.3) is 0 Å². The topological polar surface area (TPSA) is 44.0 Å². The zero-order chi connectivity index (χ0) is 9.30. The molecule has 0 aliphatic rings. The summed E-state index contributed by atoms with van der Waals surface area (Å²) >= 11 is 2.76. The minimum Gasteiger partial charge on any atom is -0.505 e. The maximum Gasteiger partial charge on any atom is 0.180 e. The van der Waals surface area contributed by atoms with Crippen LogP contribution in [0.3, 0.4) is 0 Å². The molecule has 0 saturated heterocycles. The van der Waals surface area contributed by atoms with Crippen LogP contribution in [0.4, 0.5) is 8.78 Å². The van der Waals surface area contributed by atoms with Gasteiger partial charge < -0.3 is 5.11 Å². The lowest BCUT2D eigenvalue weighted by Crippen LogP contribution is -1.91. The average Bonchev–Trinajstić information content (AvgIpc) is 2.02. The number of nitriles is 1. The number of aromatic hydroxyl groups is 1. The summed E-state index contributed by atoms with van der Waals surface area (Å²) in [6.45, 7) is 0. The third-order valence-electron chi connectivity index (χ3n) is 1.26. The van der Waals surface area contributed by atoms with E-state index in [1.54, 1.807) is 0 Å². The molecule has 0 aliphatic carbocycles. The first-order valence-corrected chi connectivity index (χ1v) is 3.63. The average molecular weight is 234 g/mol. The van der Waals surface area contributed by atoms with Crippen molar-refractivity contribution in [2.45, 2.75) is 0 Å². The van der Waals surface area contributed by atoms with Crippen molar-refractivity contribution in [2.75, 3.05) is 0 Å². The van der Waals surface area contributed by atoms with Gasteiger partial charge in [0, 0.05) is 0 Å². The standard InChI is InChI=1S/C7H2BrF2NO/c8-4-1-5(9)6(10)3(2-11)7(4)12/h1,12H. The summed E-state index contributed by atoms with van der Waals surface area (Å²) < 4.78 is 25.2. The molecule has 0 aliphatic heterocycles. The maximum absolute atomic E-state index is 12.7. The van der Waals surface area contributed by atoms with Crippen LogP contribution in [0.15, 0.2) is 10.5 Å². The Morgan fingerprint density at radius 2 is 2.08 bits per heavy atom. The highest BCUT2D eigenvalue weighted by Gasteiger charge is 2.15. The number of rotatable bonds is 0. The summed E-state index contributed by atoms with van der Waals surface area (Å²) in [5.41, 5.74) is -0.693. The Hall–Kier alpha value is -1.15. The molecule has 0 fully saturated rings. The van der Waals surface area contributed by atoms with Gasteiger partial charge in [-0.25, -0.2) is 8.78 Å². The fourth-order valence-corrected chi connectivity index (χ4v) is 1.09. The van der Waals surface area contributed by atoms with Crippen LogP contribution in [0, 0.1) is 23.0 Å². The molecule has 1 rings (SSSR count). The van der Waals surface area contributed by atoms with E-state index in [2.05, 4.69) is 15.9 Å². The van der Waals surface area contributed by atoms with Crippen molar-refractivity contribution in [3.8, 4) is 11.8 Å². The van der Waals surface area contributed by atoms with E-state index in [1.807, 2.05) is 0 Å². The molecule has 0 bridgehead atoms. The van der Waals surface area contributed by atoms with E-state index in [0.29, 0.717) is 0 Å². The normalized spacial score (nSPS) is 9.50. The molecule has 0 amide bonds. The largest absolute Gasteiger partial charge is 0.505 e. The van der Waals surface area contributed by atoms with Gasteiger partial charge in [-0.05, 0) is 22.0 Å². The third-order valence-corrected chi connectivity index (χ3v) is 1.86. The van der Waals surface area contributed by atoms with Crippen LogP contribution in [0.2, 0.25) is 0 Å². The number of benzene rings is 1. The van der Waals surface area contributed by atoms with Gasteiger partial charge in [-0.15, -0.1) is 0 Å².